The van der Waals surface area contributed by atoms with Gasteiger partial charge in [0.2, 0.25) is 5.82 Å². The van der Waals surface area contributed by atoms with Crippen LogP contribution in [0.3, 0.4) is 0 Å². The van der Waals surface area contributed by atoms with E-state index in [4.69, 9.17) is 4.52 Å². The molecule has 1 fully saturated rings. The molecule has 1 heterocycles. The molecule has 0 amide bonds. The molecule has 2 aromatic carbocycles. The highest BCUT2D eigenvalue weighted by Crippen LogP contribution is 2.39. The maximum atomic E-state index is 5.46. The summed E-state index contributed by atoms with van der Waals surface area (Å²) in [6, 6.07) is 21.3. The van der Waals surface area contributed by atoms with Crippen molar-refractivity contribution in [1.29, 1.82) is 0 Å². The van der Waals surface area contributed by atoms with Crippen molar-refractivity contribution in [2.24, 2.45) is 5.92 Å². The van der Waals surface area contributed by atoms with E-state index in [1.807, 2.05) is 30.3 Å². The molecule has 1 saturated carbocycles. The van der Waals surface area contributed by atoms with Crippen LogP contribution in [0.1, 0.15) is 43.2 Å². The minimum absolute atomic E-state index is 0.468. The molecule has 4 nitrogen and oxygen atoms in total. The van der Waals surface area contributed by atoms with Crippen LogP contribution < -0.4 is 0 Å². The molecule has 3 aromatic rings. The Hall–Kier alpha value is -2.72. The number of benzene rings is 2. The van der Waals surface area contributed by atoms with Gasteiger partial charge in [-0.25, -0.2) is 0 Å². The summed E-state index contributed by atoms with van der Waals surface area (Å²) < 4.78 is 5.46. The largest absolute Gasteiger partial charge is 0.334 e. The van der Waals surface area contributed by atoms with Crippen LogP contribution in [-0.4, -0.2) is 29.1 Å². The smallest absolute Gasteiger partial charge is 0.250 e. The maximum absolute atomic E-state index is 5.46. The number of allylic oxidation sites excluding steroid dienone is 1. The third-order valence-corrected chi connectivity index (χ3v) is 5.62. The minimum Gasteiger partial charge on any atom is -0.334 e. The van der Waals surface area contributed by atoms with Gasteiger partial charge in [-0.15, -0.1) is 0 Å². The molecule has 1 unspecified atom stereocenters. The second kappa shape index (κ2) is 8.53. The predicted octanol–water partition coefficient (Wildman–Crippen LogP) is 5.61. The lowest BCUT2D eigenvalue weighted by Crippen LogP contribution is -2.29. The molecule has 4 heteroatoms. The van der Waals surface area contributed by atoms with Crippen LogP contribution in [0.4, 0.5) is 0 Å². The van der Waals surface area contributed by atoms with Gasteiger partial charge in [-0.2, -0.15) is 4.98 Å². The first-order valence-electron chi connectivity index (χ1n) is 10.0. The second-order valence-electron chi connectivity index (χ2n) is 7.78. The highest BCUT2D eigenvalue weighted by atomic mass is 16.5. The van der Waals surface area contributed by atoms with Crippen molar-refractivity contribution >= 4 is 6.08 Å². The lowest BCUT2D eigenvalue weighted by atomic mass is 9.78. The third kappa shape index (κ3) is 4.23. The molecular formula is C24H27N3O. The van der Waals surface area contributed by atoms with Gasteiger partial charge in [-0.1, -0.05) is 71.4 Å². The predicted molar refractivity (Wildman–Crippen MR) is 113 cm³/mol. The van der Waals surface area contributed by atoms with Gasteiger partial charge in [-0.3, -0.25) is 0 Å². The summed E-state index contributed by atoms with van der Waals surface area (Å²) >= 11 is 0. The fraction of sp³-hybridized carbons (Fsp3) is 0.333. The highest BCUT2D eigenvalue weighted by Gasteiger charge is 2.28. The molecular weight excluding hydrogens is 346 g/mol. The molecule has 0 aliphatic heterocycles. The van der Waals surface area contributed by atoms with E-state index in [1.165, 1.54) is 24.0 Å². The van der Waals surface area contributed by atoms with E-state index in [-0.39, 0.29) is 0 Å². The maximum Gasteiger partial charge on any atom is 0.250 e. The Labute approximate surface area is 166 Å². The summed E-state index contributed by atoms with van der Waals surface area (Å²) in [7, 11) is 4.37. The third-order valence-electron chi connectivity index (χ3n) is 5.62. The molecule has 1 aliphatic rings. The van der Waals surface area contributed by atoms with Crippen LogP contribution in [0, 0.1) is 5.92 Å². The summed E-state index contributed by atoms with van der Waals surface area (Å²) in [5.74, 6) is 1.93. The monoisotopic (exact) mass is 373 g/mol. The SMILES string of the molecule is CN(C)C(c1ccccc1)C1CCC(=Cc2nc(-c3ccccc3)no2)CC1. The van der Waals surface area contributed by atoms with Crippen LogP contribution >= 0.6 is 0 Å². The Morgan fingerprint density at radius 3 is 2.25 bits per heavy atom. The summed E-state index contributed by atoms with van der Waals surface area (Å²) in [4.78, 5) is 6.90. The van der Waals surface area contributed by atoms with Crippen LogP contribution in [0.15, 0.2) is 70.8 Å². The standard InChI is InChI=1S/C24H27N3O/c1-27(2)23(19-9-5-3-6-10-19)20-15-13-18(14-16-20)17-22-25-24(26-28-22)21-11-7-4-8-12-21/h3-12,17,20,23H,13-16H2,1-2H3. The first kappa shape index (κ1) is 18.6. The summed E-state index contributed by atoms with van der Waals surface area (Å²) in [5.41, 5.74) is 3.80. The van der Waals surface area contributed by atoms with Crippen molar-refractivity contribution in [3.63, 3.8) is 0 Å². The van der Waals surface area contributed by atoms with Crippen molar-refractivity contribution in [3.8, 4) is 11.4 Å². The fourth-order valence-corrected chi connectivity index (χ4v) is 4.29. The van der Waals surface area contributed by atoms with Crippen LogP contribution in [0.5, 0.6) is 0 Å². The van der Waals surface area contributed by atoms with Gasteiger partial charge in [0.05, 0.1) is 0 Å². The van der Waals surface area contributed by atoms with Crippen molar-refractivity contribution in [3.05, 3.63) is 77.7 Å². The van der Waals surface area contributed by atoms with E-state index < -0.39 is 0 Å². The van der Waals surface area contributed by atoms with Crippen LogP contribution in [-0.2, 0) is 0 Å². The van der Waals surface area contributed by atoms with E-state index in [1.54, 1.807) is 0 Å². The highest BCUT2D eigenvalue weighted by molar-refractivity contribution is 5.55. The van der Waals surface area contributed by atoms with Crippen molar-refractivity contribution in [1.82, 2.24) is 15.0 Å². The topological polar surface area (TPSA) is 42.2 Å². The Balaban J connectivity index is 1.43. The Morgan fingerprint density at radius 2 is 1.61 bits per heavy atom. The molecule has 0 bridgehead atoms. The molecule has 0 radical (unpaired) electrons. The lowest BCUT2D eigenvalue weighted by molar-refractivity contribution is 0.184. The number of rotatable bonds is 5. The minimum atomic E-state index is 0.468. The summed E-state index contributed by atoms with van der Waals surface area (Å²) in [6.07, 6.45) is 6.63. The zero-order valence-corrected chi connectivity index (χ0v) is 16.6. The Kier molecular flexibility index (Phi) is 5.68. The Morgan fingerprint density at radius 1 is 0.964 bits per heavy atom. The molecule has 1 aromatic heterocycles. The number of aromatic nitrogens is 2. The van der Waals surface area contributed by atoms with Gasteiger partial charge < -0.3 is 9.42 Å². The van der Waals surface area contributed by atoms with Crippen molar-refractivity contribution < 1.29 is 4.52 Å². The molecule has 0 saturated heterocycles. The summed E-state index contributed by atoms with van der Waals surface area (Å²) in [5, 5.41) is 4.12. The van der Waals surface area contributed by atoms with E-state index >= 15 is 0 Å². The quantitative estimate of drug-likeness (QED) is 0.583. The van der Waals surface area contributed by atoms with Gasteiger partial charge >= 0.3 is 0 Å². The van der Waals surface area contributed by atoms with Gasteiger partial charge in [-0.05, 0) is 51.3 Å². The number of hydrogen-bond donors (Lipinski definition) is 0. The average Bonchev–Trinajstić information content (AvgIpc) is 3.19. The van der Waals surface area contributed by atoms with E-state index in [0.29, 0.717) is 23.7 Å². The van der Waals surface area contributed by atoms with Crippen molar-refractivity contribution in [2.75, 3.05) is 14.1 Å². The van der Waals surface area contributed by atoms with E-state index in [0.717, 1.165) is 18.4 Å². The second-order valence-corrected chi connectivity index (χ2v) is 7.78. The van der Waals surface area contributed by atoms with Gasteiger partial charge in [0, 0.05) is 17.7 Å². The van der Waals surface area contributed by atoms with Gasteiger partial charge in [0.1, 0.15) is 0 Å². The normalized spacial score (nSPS) is 18.2. The van der Waals surface area contributed by atoms with Crippen molar-refractivity contribution in [2.45, 2.75) is 31.7 Å². The van der Waals surface area contributed by atoms with E-state index in [2.05, 4.69) is 65.5 Å². The zero-order chi connectivity index (χ0) is 19.3. The van der Waals surface area contributed by atoms with Gasteiger partial charge in [0.25, 0.3) is 5.89 Å². The fourth-order valence-electron chi connectivity index (χ4n) is 4.29. The van der Waals surface area contributed by atoms with Crippen LogP contribution in [0.25, 0.3) is 17.5 Å². The first-order valence-corrected chi connectivity index (χ1v) is 10.0. The molecule has 0 N–H and O–H groups in total. The Bertz CT molecular complexity index is 905. The average molecular weight is 374 g/mol. The zero-order valence-electron chi connectivity index (χ0n) is 16.6. The van der Waals surface area contributed by atoms with Crippen LogP contribution in [0.2, 0.25) is 0 Å². The van der Waals surface area contributed by atoms with Gasteiger partial charge in [0.15, 0.2) is 0 Å². The molecule has 28 heavy (non-hydrogen) atoms. The molecule has 144 valence electrons. The molecule has 1 atom stereocenters. The molecule has 1 aliphatic carbocycles. The number of hydrogen-bond acceptors (Lipinski definition) is 4. The van der Waals surface area contributed by atoms with E-state index in [9.17, 15) is 0 Å². The molecule has 4 rings (SSSR count). The number of nitrogens with zero attached hydrogens (tertiary/aromatic N) is 3. The first-order chi connectivity index (χ1) is 13.7. The molecule has 0 spiro atoms. The summed E-state index contributed by atoms with van der Waals surface area (Å²) in [6.45, 7) is 0. The lowest BCUT2D eigenvalue weighted by Gasteiger charge is -2.36.